The van der Waals surface area contributed by atoms with Crippen LogP contribution < -0.4 is 15.0 Å². The van der Waals surface area contributed by atoms with Crippen molar-refractivity contribution in [3.05, 3.63) is 59.2 Å². The fourth-order valence-corrected chi connectivity index (χ4v) is 3.26. The Morgan fingerprint density at radius 3 is 2.54 bits per heavy atom. The second kappa shape index (κ2) is 9.60. The van der Waals surface area contributed by atoms with Crippen LogP contribution in [0.4, 0.5) is 5.69 Å². The highest BCUT2D eigenvalue weighted by atomic mass is 16.5. The molecule has 1 aliphatic rings. The van der Waals surface area contributed by atoms with E-state index in [2.05, 4.69) is 34.5 Å². The molecule has 2 aromatic carbocycles. The van der Waals surface area contributed by atoms with Crippen molar-refractivity contribution in [3.8, 4) is 5.75 Å². The molecule has 5 heteroatoms. The average molecular weight is 383 g/mol. The number of nitrogens with one attached hydrogen (secondary N) is 1. The molecule has 0 bridgehead atoms. The van der Waals surface area contributed by atoms with Crippen LogP contribution in [0, 0.1) is 13.8 Å². The number of hydrogen-bond donors (Lipinski definition) is 1. The summed E-state index contributed by atoms with van der Waals surface area (Å²) in [7, 11) is 0. The van der Waals surface area contributed by atoms with Gasteiger partial charge in [-0.3, -0.25) is 4.79 Å². The molecule has 1 saturated heterocycles. The number of ether oxygens (including phenoxy) is 2. The molecule has 1 fully saturated rings. The van der Waals surface area contributed by atoms with Crippen molar-refractivity contribution >= 4 is 11.6 Å². The van der Waals surface area contributed by atoms with E-state index in [0.717, 1.165) is 48.7 Å². The van der Waals surface area contributed by atoms with Crippen LogP contribution in [0.5, 0.6) is 5.75 Å². The Hall–Kier alpha value is -2.53. The van der Waals surface area contributed by atoms with E-state index in [-0.39, 0.29) is 5.91 Å². The Kier molecular flexibility index (Phi) is 6.93. The quantitative estimate of drug-likeness (QED) is 0.795. The summed E-state index contributed by atoms with van der Waals surface area (Å²) in [5.41, 5.74) is 4.43. The molecule has 5 nitrogen and oxygen atoms in total. The Labute approximate surface area is 167 Å². The van der Waals surface area contributed by atoms with Gasteiger partial charge in [0.25, 0.3) is 5.91 Å². The standard InChI is InChI=1S/C23H30N2O3/c1-4-21(28-22-15-17(2)5-6-18(22)3)23(26)24-16-19-7-9-20(10-8-19)25-11-13-27-14-12-25/h5-10,15,21H,4,11-14,16H2,1-3H3,(H,24,26)/t21-/m1/s1. The highest BCUT2D eigenvalue weighted by Gasteiger charge is 2.19. The zero-order valence-corrected chi connectivity index (χ0v) is 17.0. The Balaban J connectivity index is 1.55. The lowest BCUT2D eigenvalue weighted by Gasteiger charge is -2.29. The predicted octanol–water partition coefficient (Wildman–Crippen LogP) is 3.61. The van der Waals surface area contributed by atoms with E-state index in [9.17, 15) is 4.79 Å². The summed E-state index contributed by atoms with van der Waals surface area (Å²) < 4.78 is 11.4. The lowest BCUT2D eigenvalue weighted by atomic mass is 10.1. The van der Waals surface area contributed by atoms with Gasteiger partial charge < -0.3 is 19.7 Å². The van der Waals surface area contributed by atoms with Crippen molar-refractivity contribution in [1.82, 2.24) is 5.32 Å². The summed E-state index contributed by atoms with van der Waals surface area (Å²) in [5.74, 6) is 0.692. The molecular weight excluding hydrogens is 352 g/mol. The largest absolute Gasteiger partial charge is 0.480 e. The van der Waals surface area contributed by atoms with E-state index in [1.807, 2.05) is 39.0 Å². The fourth-order valence-electron chi connectivity index (χ4n) is 3.26. The average Bonchev–Trinajstić information content (AvgIpc) is 2.73. The molecule has 0 aromatic heterocycles. The van der Waals surface area contributed by atoms with Crippen molar-refractivity contribution in [2.24, 2.45) is 0 Å². The normalized spacial score (nSPS) is 15.2. The van der Waals surface area contributed by atoms with Gasteiger partial charge in [-0.2, -0.15) is 0 Å². The Morgan fingerprint density at radius 2 is 1.86 bits per heavy atom. The molecule has 150 valence electrons. The van der Waals surface area contributed by atoms with Gasteiger partial charge in [-0.25, -0.2) is 0 Å². The van der Waals surface area contributed by atoms with E-state index < -0.39 is 6.10 Å². The molecule has 2 aromatic rings. The fraction of sp³-hybridized carbons (Fsp3) is 0.435. The van der Waals surface area contributed by atoms with Gasteiger partial charge in [-0.05, 0) is 55.2 Å². The molecule has 0 spiro atoms. The molecule has 1 heterocycles. The molecular formula is C23H30N2O3. The summed E-state index contributed by atoms with van der Waals surface area (Å²) in [6.45, 7) is 9.87. The minimum atomic E-state index is -0.492. The first kappa shape index (κ1) is 20.2. The molecule has 3 rings (SSSR count). The topological polar surface area (TPSA) is 50.8 Å². The van der Waals surface area contributed by atoms with Crippen LogP contribution in [0.25, 0.3) is 0 Å². The van der Waals surface area contributed by atoms with Crippen molar-refractivity contribution < 1.29 is 14.3 Å². The lowest BCUT2D eigenvalue weighted by Crippen LogP contribution is -2.37. The smallest absolute Gasteiger partial charge is 0.261 e. The van der Waals surface area contributed by atoms with E-state index in [0.29, 0.717) is 13.0 Å². The molecule has 0 saturated carbocycles. The molecule has 1 atom stereocenters. The molecule has 1 amide bonds. The first-order valence-electron chi connectivity index (χ1n) is 10.00. The van der Waals surface area contributed by atoms with E-state index in [1.165, 1.54) is 5.69 Å². The second-order valence-electron chi connectivity index (χ2n) is 7.27. The highest BCUT2D eigenvalue weighted by molar-refractivity contribution is 5.81. The van der Waals surface area contributed by atoms with Crippen LogP contribution in [0.2, 0.25) is 0 Å². The zero-order chi connectivity index (χ0) is 19.9. The molecule has 1 aliphatic heterocycles. The van der Waals surface area contributed by atoms with Crippen molar-refractivity contribution in [2.45, 2.75) is 39.8 Å². The number of benzene rings is 2. The summed E-state index contributed by atoms with van der Waals surface area (Å²) in [6, 6.07) is 14.4. The van der Waals surface area contributed by atoms with Crippen LogP contribution >= 0.6 is 0 Å². The third kappa shape index (κ3) is 5.26. The van der Waals surface area contributed by atoms with Gasteiger partial charge >= 0.3 is 0 Å². The Morgan fingerprint density at radius 1 is 1.14 bits per heavy atom. The third-order valence-electron chi connectivity index (χ3n) is 5.06. The third-order valence-corrected chi connectivity index (χ3v) is 5.06. The number of aryl methyl sites for hydroxylation is 2. The maximum atomic E-state index is 12.6. The molecule has 28 heavy (non-hydrogen) atoms. The summed E-state index contributed by atoms with van der Waals surface area (Å²) >= 11 is 0. The minimum absolute atomic E-state index is 0.0827. The van der Waals surface area contributed by atoms with Crippen LogP contribution in [0.1, 0.15) is 30.0 Å². The monoisotopic (exact) mass is 382 g/mol. The number of carbonyl (C=O) groups is 1. The predicted molar refractivity (Wildman–Crippen MR) is 112 cm³/mol. The number of rotatable bonds is 7. The van der Waals surface area contributed by atoms with Crippen LogP contribution in [-0.2, 0) is 16.1 Å². The first-order chi connectivity index (χ1) is 13.6. The van der Waals surface area contributed by atoms with E-state index in [4.69, 9.17) is 9.47 Å². The van der Waals surface area contributed by atoms with E-state index in [1.54, 1.807) is 0 Å². The molecule has 1 N–H and O–H groups in total. The number of anilines is 1. The van der Waals surface area contributed by atoms with Gasteiger partial charge in [0.1, 0.15) is 5.75 Å². The maximum absolute atomic E-state index is 12.6. The van der Waals surface area contributed by atoms with Gasteiger partial charge in [0.05, 0.1) is 13.2 Å². The number of hydrogen-bond acceptors (Lipinski definition) is 4. The zero-order valence-electron chi connectivity index (χ0n) is 17.0. The van der Waals surface area contributed by atoms with Gasteiger partial charge in [-0.1, -0.05) is 31.2 Å². The Bertz CT molecular complexity index is 783. The SMILES string of the molecule is CC[C@@H](Oc1cc(C)ccc1C)C(=O)NCc1ccc(N2CCOCC2)cc1. The lowest BCUT2D eigenvalue weighted by molar-refractivity contribution is -0.128. The molecule has 0 unspecified atom stereocenters. The van der Waals surface area contributed by atoms with Crippen molar-refractivity contribution in [2.75, 3.05) is 31.2 Å². The molecule has 0 aliphatic carbocycles. The molecule has 0 radical (unpaired) electrons. The van der Waals surface area contributed by atoms with Gasteiger partial charge in [0.15, 0.2) is 6.10 Å². The van der Waals surface area contributed by atoms with E-state index >= 15 is 0 Å². The van der Waals surface area contributed by atoms with Gasteiger partial charge in [0.2, 0.25) is 0 Å². The summed E-state index contributed by atoms with van der Waals surface area (Å²) in [5, 5.41) is 3.01. The van der Waals surface area contributed by atoms with Gasteiger partial charge in [0, 0.05) is 25.3 Å². The number of carbonyl (C=O) groups excluding carboxylic acids is 1. The van der Waals surface area contributed by atoms with Crippen LogP contribution in [-0.4, -0.2) is 38.3 Å². The van der Waals surface area contributed by atoms with Crippen LogP contribution in [0.3, 0.4) is 0 Å². The van der Waals surface area contributed by atoms with Crippen molar-refractivity contribution in [3.63, 3.8) is 0 Å². The second-order valence-corrected chi connectivity index (χ2v) is 7.27. The van der Waals surface area contributed by atoms with Crippen molar-refractivity contribution in [1.29, 1.82) is 0 Å². The maximum Gasteiger partial charge on any atom is 0.261 e. The number of nitrogens with zero attached hydrogens (tertiary/aromatic N) is 1. The summed E-state index contributed by atoms with van der Waals surface area (Å²) in [4.78, 5) is 14.9. The number of morpholine rings is 1. The van der Waals surface area contributed by atoms with Gasteiger partial charge in [-0.15, -0.1) is 0 Å². The van der Waals surface area contributed by atoms with Crippen LogP contribution in [0.15, 0.2) is 42.5 Å². The summed E-state index contributed by atoms with van der Waals surface area (Å²) in [6.07, 6.45) is 0.128. The number of amides is 1. The first-order valence-corrected chi connectivity index (χ1v) is 10.00. The highest BCUT2D eigenvalue weighted by Crippen LogP contribution is 2.21. The minimum Gasteiger partial charge on any atom is -0.480 e.